The van der Waals surface area contributed by atoms with Gasteiger partial charge in [0.2, 0.25) is 11.8 Å². The van der Waals surface area contributed by atoms with Crippen molar-refractivity contribution in [2.75, 3.05) is 19.8 Å². The Hall–Kier alpha value is -1.42. The Morgan fingerprint density at radius 2 is 1.76 bits per heavy atom. The van der Waals surface area contributed by atoms with Crippen LogP contribution in [0.15, 0.2) is 0 Å². The summed E-state index contributed by atoms with van der Waals surface area (Å²) in [5.74, 6) is -2.90. The van der Waals surface area contributed by atoms with Gasteiger partial charge in [-0.3, -0.25) is 9.59 Å². The van der Waals surface area contributed by atoms with Crippen LogP contribution in [0, 0.1) is 5.92 Å². The first-order valence-electron chi connectivity index (χ1n) is 8.97. The minimum Gasteiger partial charge on any atom is -0.394 e. The second-order valence-corrected chi connectivity index (χ2v) is 7.40. The predicted molar refractivity (Wildman–Crippen MR) is 91.6 cm³/mol. The topological polar surface area (TPSA) is 232 Å². The minimum absolute atomic E-state index is 0.317. The molecule has 168 valence electrons. The molecule has 2 amide bonds. The van der Waals surface area contributed by atoms with Crippen LogP contribution >= 0.6 is 0 Å². The van der Waals surface area contributed by atoms with Gasteiger partial charge in [0.05, 0.1) is 25.9 Å². The summed E-state index contributed by atoms with van der Waals surface area (Å²) in [6.45, 7) is -1.10. The van der Waals surface area contributed by atoms with Crippen molar-refractivity contribution >= 4 is 11.8 Å². The molecule has 29 heavy (non-hydrogen) atoms. The zero-order valence-electron chi connectivity index (χ0n) is 15.7. The van der Waals surface area contributed by atoms with Crippen molar-refractivity contribution in [1.29, 1.82) is 0 Å². The standard InChI is InChI=1S/C16H28N2O11/c1-6(21)18-15(13(25)11(23)8(3-19)29-14(15)26)16(27)9(4-20)28-5-7(12(16)24)2-10(17)22/h7-9,11-14,19-20,23-27H,2-5H2,1H3,(H2,17,22)(H,18,21)/t7-,8-,9-,11-,12-,13+,14+,15-,16+/m1/s1. The van der Waals surface area contributed by atoms with Gasteiger partial charge in [0.1, 0.15) is 30.0 Å². The molecule has 0 radical (unpaired) electrons. The van der Waals surface area contributed by atoms with Gasteiger partial charge in [-0.15, -0.1) is 0 Å². The molecule has 13 nitrogen and oxygen atoms in total. The van der Waals surface area contributed by atoms with Crippen molar-refractivity contribution in [3.63, 3.8) is 0 Å². The number of nitrogens with two attached hydrogens (primary N) is 1. The summed E-state index contributed by atoms with van der Waals surface area (Å²) in [6.07, 6.45) is -12.0. The quantitative estimate of drug-likeness (QED) is 0.195. The van der Waals surface area contributed by atoms with Gasteiger partial charge in [-0.05, 0) is 0 Å². The molecule has 2 aliphatic heterocycles. The highest BCUT2D eigenvalue weighted by Gasteiger charge is 2.73. The van der Waals surface area contributed by atoms with E-state index in [1.54, 1.807) is 0 Å². The highest BCUT2D eigenvalue weighted by Crippen LogP contribution is 2.46. The molecule has 0 spiro atoms. The van der Waals surface area contributed by atoms with E-state index in [0.29, 0.717) is 0 Å². The SMILES string of the molecule is CC(=O)N[C@@]1([C@@]2(O)[C@H](O)[C@H](CC(N)=O)CO[C@@H]2CO)[C@@H](O)O[C@H](CO)[C@@H](O)[C@@H]1O. The van der Waals surface area contributed by atoms with E-state index in [2.05, 4.69) is 5.32 Å². The van der Waals surface area contributed by atoms with Crippen LogP contribution in [-0.2, 0) is 19.1 Å². The Kier molecular flexibility index (Phi) is 7.20. The first-order valence-corrected chi connectivity index (χ1v) is 8.97. The summed E-state index contributed by atoms with van der Waals surface area (Å²) >= 11 is 0. The Morgan fingerprint density at radius 1 is 1.14 bits per heavy atom. The Balaban J connectivity index is 2.66. The molecular weight excluding hydrogens is 396 g/mol. The lowest BCUT2D eigenvalue weighted by Gasteiger charge is -2.61. The van der Waals surface area contributed by atoms with Gasteiger partial charge in [-0.25, -0.2) is 0 Å². The van der Waals surface area contributed by atoms with Crippen LogP contribution in [0.3, 0.4) is 0 Å². The summed E-state index contributed by atoms with van der Waals surface area (Å²) in [5, 5.41) is 75.4. The number of amides is 2. The third-order valence-electron chi connectivity index (χ3n) is 5.62. The molecule has 0 unspecified atom stereocenters. The Morgan fingerprint density at radius 3 is 2.24 bits per heavy atom. The Bertz CT molecular complexity index is 622. The van der Waals surface area contributed by atoms with Crippen LogP contribution in [0.25, 0.3) is 0 Å². The molecule has 0 aromatic carbocycles. The maximum Gasteiger partial charge on any atom is 0.217 e. The number of rotatable bonds is 6. The lowest BCUT2D eigenvalue weighted by atomic mass is 9.62. The molecular formula is C16H28N2O11. The van der Waals surface area contributed by atoms with E-state index >= 15 is 0 Å². The van der Waals surface area contributed by atoms with E-state index in [1.165, 1.54) is 0 Å². The molecule has 2 fully saturated rings. The number of primary amides is 1. The van der Waals surface area contributed by atoms with Crippen molar-refractivity contribution in [3.05, 3.63) is 0 Å². The first kappa shape index (κ1) is 23.9. The molecule has 2 saturated heterocycles. The molecule has 13 heteroatoms. The maximum atomic E-state index is 11.9. The lowest BCUT2D eigenvalue weighted by molar-refractivity contribution is -0.359. The van der Waals surface area contributed by atoms with Crippen LogP contribution < -0.4 is 11.1 Å². The number of aliphatic hydroxyl groups excluding tert-OH is 6. The summed E-state index contributed by atoms with van der Waals surface area (Å²) < 4.78 is 10.4. The minimum atomic E-state index is -2.86. The zero-order chi connectivity index (χ0) is 22.1. The molecule has 0 bridgehead atoms. The highest BCUT2D eigenvalue weighted by molar-refractivity contribution is 5.75. The van der Waals surface area contributed by atoms with Crippen molar-refractivity contribution in [2.24, 2.45) is 11.7 Å². The number of hydrogen-bond donors (Lipinski definition) is 9. The van der Waals surface area contributed by atoms with E-state index in [9.17, 15) is 45.3 Å². The third kappa shape index (κ3) is 3.73. The van der Waals surface area contributed by atoms with Crippen LogP contribution in [-0.4, -0.2) is 115 Å². The molecule has 2 heterocycles. The number of aliphatic hydroxyl groups is 7. The first-order chi connectivity index (χ1) is 13.5. The molecule has 2 rings (SSSR count). The molecule has 0 saturated carbocycles. The fourth-order valence-corrected chi connectivity index (χ4v) is 4.22. The fourth-order valence-electron chi connectivity index (χ4n) is 4.22. The number of carbonyl (C=O) groups excluding carboxylic acids is 2. The van der Waals surface area contributed by atoms with Gasteiger partial charge in [0.15, 0.2) is 11.8 Å². The monoisotopic (exact) mass is 424 g/mol. The van der Waals surface area contributed by atoms with Gasteiger partial charge < -0.3 is 56.3 Å². The summed E-state index contributed by atoms with van der Waals surface area (Å²) in [4.78, 5) is 23.3. The molecule has 9 atom stereocenters. The number of carbonyl (C=O) groups is 2. The largest absolute Gasteiger partial charge is 0.394 e. The van der Waals surface area contributed by atoms with Gasteiger partial charge in [0.25, 0.3) is 0 Å². The van der Waals surface area contributed by atoms with E-state index < -0.39 is 85.3 Å². The van der Waals surface area contributed by atoms with Crippen molar-refractivity contribution in [2.45, 2.75) is 61.3 Å². The zero-order valence-corrected chi connectivity index (χ0v) is 15.7. The maximum absolute atomic E-state index is 11.9. The van der Waals surface area contributed by atoms with Gasteiger partial charge in [-0.2, -0.15) is 0 Å². The predicted octanol–water partition coefficient (Wildman–Crippen LogP) is -5.73. The van der Waals surface area contributed by atoms with E-state index in [0.717, 1.165) is 6.92 Å². The summed E-state index contributed by atoms with van der Waals surface area (Å²) in [5.41, 5.74) is -0.422. The molecule has 0 aromatic rings. The fraction of sp³-hybridized carbons (Fsp3) is 0.875. The van der Waals surface area contributed by atoms with Crippen molar-refractivity contribution in [3.8, 4) is 0 Å². The van der Waals surface area contributed by atoms with E-state index in [-0.39, 0.29) is 6.61 Å². The van der Waals surface area contributed by atoms with E-state index in [4.69, 9.17) is 15.2 Å². The smallest absolute Gasteiger partial charge is 0.217 e. The number of hydrogen-bond acceptors (Lipinski definition) is 11. The molecule has 0 aliphatic carbocycles. The molecule has 2 aliphatic rings. The lowest BCUT2D eigenvalue weighted by Crippen LogP contribution is -2.88. The number of ether oxygens (including phenoxy) is 2. The Labute approximate surface area is 165 Å². The second kappa shape index (κ2) is 8.75. The highest BCUT2D eigenvalue weighted by atomic mass is 16.6. The van der Waals surface area contributed by atoms with Gasteiger partial charge in [-0.1, -0.05) is 0 Å². The average molecular weight is 424 g/mol. The molecule has 0 aromatic heterocycles. The summed E-state index contributed by atoms with van der Waals surface area (Å²) in [6, 6.07) is 0. The van der Waals surface area contributed by atoms with E-state index in [1.807, 2.05) is 0 Å². The normalized spacial score (nSPS) is 45.6. The summed E-state index contributed by atoms with van der Waals surface area (Å²) in [7, 11) is 0. The van der Waals surface area contributed by atoms with Crippen molar-refractivity contribution in [1.82, 2.24) is 5.32 Å². The van der Waals surface area contributed by atoms with Crippen molar-refractivity contribution < 1.29 is 54.8 Å². The van der Waals surface area contributed by atoms with Crippen LogP contribution in [0.1, 0.15) is 13.3 Å². The van der Waals surface area contributed by atoms with Crippen LogP contribution in [0.4, 0.5) is 0 Å². The second-order valence-electron chi connectivity index (χ2n) is 7.40. The van der Waals surface area contributed by atoms with Gasteiger partial charge in [0, 0.05) is 19.3 Å². The average Bonchev–Trinajstić information content (AvgIpc) is 2.65. The number of nitrogens with one attached hydrogen (secondary N) is 1. The third-order valence-corrected chi connectivity index (χ3v) is 5.62. The van der Waals surface area contributed by atoms with Gasteiger partial charge >= 0.3 is 0 Å². The van der Waals surface area contributed by atoms with Crippen LogP contribution in [0.5, 0.6) is 0 Å². The molecule has 10 N–H and O–H groups in total. The van der Waals surface area contributed by atoms with Crippen LogP contribution in [0.2, 0.25) is 0 Å².